The minimum Gasteiger partial charge on any atom is -0.337 e. The monoisotopic (exact) mass is 394 g/mol. The van der Waals surface area contributed by atoms with Crippen LogP contribution in [0.15, 0.2) is 48.5 Å². The number of anilines is 1. The Labute approximate surface area is 160 Å². The Kier molecular flexibility index (Phi) is 6.31. The van der Waals surface area contributed by atoms with E-state index in [1.807, 2.05) is 38.1 Å². The minimum atomic E-state index is -3.60. The van der Waals surface area contributed by atoms with Crippen LogP contribution in [0.2, 0.25) is 5.02 Å². The fourth-order valence-corrected chi connectivity index (χ4v) is 3.67. The average molecular weight is 395 g/mol. The third-order valence-corrected chi connectivity index (χ3v) is 5.77. The van der Waals surface area contributed by atoms with Crippen LogP contribution >= 0.6 is 11.6 Å². The summed E-state index contributed by atoms with van der Waals surface area (Å²) in [6.07, 6.45) is 1.11. The molecule has 26 heavy (non-hydrogen) atoms. The summed E-state index contributed by atoms with van der Waals surface area (Å²) >= 11 is 5.91. The van der Waals surface area contributed by atoms with Crippen molar-refractivity contribution in [3.05, 3.63) is 64.7 Å². The molecule has 0 spiro atoms. The third-order valence-electron chi connectivity index (χ3n) is 4.39. The van der Waals surface area contributed by atoms with E-state index in [1.54, 1.807) is 36.2 Å². The number of rotatable bonds is 6. The normalized spacial score (nSPS) is 12.5. The summed E-state index contributed by atoms with van der Waals surface area (Å²) < 4.78 is 25.7. The molecule has 2 rings (SSSR count). The quantitative estimate of drug-likeness (QED) is 0.751. The van der Waals surface area contributed by atoms with Crippen LogP contribution < -0.4 is 4.31 Å². The molecule has 0 N–H and O–H groups in total. The Bertz CT molecular complexity index is 882. The first-order valence-corrected chi connectivity index (χ1v) is 10.4. The van der Waals surface area contributed by atoms with E-state index in [0.717, 1.165) is 21.7 Å². The molecule has 0 fully saturated rings. The van der Waals surface area contributed by atoms with Gasteiger partial charge in [-0.05, 0) is 43.2 Å². The maximum absolute atomic E-state index is 12.8. The van der Waals surface area contributed by atoms with E-state index < -0.39 is 10.0 Å². The molecule has 0 radical (unpaired) electrons. The average Bonchev–Trinajstić information content (AvgIpc) is 2.58. The van der Waals surface area contributed by atoms with Crippen molar-refractivity contribution in [3.8, 4) is 0 Å². The van der Waals surface area contributed by atoms with Crippen LogP contribution in [0.5, 0.6) is 0 Å². The molecule has 0 aliphatic carbocycles. The molecule has 0 heterocycles. The number of amides is 1. The maximum atomic E-state index is 12.8. The van der Waals surface area contributed by atoms with Gasteiger partial charge in [0.2, 0.25) is 15.9 Å². The zero-order chi connectivity index (χ0) is 19.5. The Morgan fingerprint density at radius 1 is 1.12 bits per heavy atom. The summed E-state index contributed by atoms with van der Waals surface area (Å²) in [7, 11) is -1.93. The van der Waals surface area contributed by atoms with Crippen molar-refractivity contribution in [3.63, 3.8) is 0 Å². The minimum absolute atomic E-state index is 0.210. The Hall–Kier alpha value is -2.05. The highest BCUT2D eigenvalue weighted by Gasteiger charge is 2.26. The van der Waals surface area contributed by atoms with Crippen molar-refractivity contribution < 1.29 is 13.2 Å². The summed E-state index contributed by atoms with van der Waals surface area (Å²) in [4.78, 5) is 14.3. The zero-order valence-electron chi connectivity index (χ0n) is 15.3. The van der Waals surface area contributed by atoms with E-state index in [2.05, 4.69) is 0 Å². The van der Waals surface area contributed by atoms with Crippen LogP contribution in [0, 0.1) is 6.92 Å². The van der Waals surface area contributed by atoms with Gasteiger partial charge in [-0.15, -0.1) is 0 Å². The molecule has 1 atom stereocenters. The van der Waals surface area contributed by atoms with Gasteiger partial charge in [-0.1, -0.05) is 41.9 Å². The number of hydrogen-bond acceptors (Lipinski definition) is 3. The Balaban J connectivity index is 2.24. The maximum Gasteiger partial charge on any atom is 0.243 e. The number of likely N-dealkylation sites (N-methyl/N-ethyl adjacent to an activating group) is 1. The standard InChI is InChI=1S/C19H23ClN2O3S/c1-14-7-5-6-8-18(14)22(26(4,24)25)13-19(23)21(3)15(2)16-9-11-17(20)12-10-16/h5-12,15H,13H2,1-4H3/t15-/m1/s1. The van der Waals surface area contributed by atoms with Crippen LogP contribution in [0.4, 0.5) is 5.69 Å². The predicted octanol–water partition coefficient (Wildman–Crippen LogP) is 3.63. The molecule has 0 saturated carbocycles. The Morgan fingerprint density at radius 2 is 1.69 bits per heavy atom. The first kappa shape index (κ1) is 20.3. The number of aryl methyl sites for hydroxylation is 1. The van der Waals surface area contributed by atoms with Gasteiger partial charge in [0.1, 0.15) is 6.54 Å². The summed E-state index contributed by atoms with van der Waals surface area (Å²) in [5.41, 5.74) is 2.22. The molecule has 2 aromatic rings. The smallest absolute Gasteiger partial charge is 0.243 e. The van der Waals surface area contributed by atoms with E-state index in [1.165, 1.54) is 0 Å². The van der Waals surface area contributed by atoms with Gasteiger partial charge in [-0.25, -0.2) is 8.42 Å². The topological polar surface area (TPSA) is 57.7 Å². The Morgan fingerprint density at radius 3 is 2.23 bits per heavy atom. The van der Waals surface area contributed by atoms with Crippen molar-refractivity contribution in [2.24, 2.45) is 0 Å². The van der Waals surface area contributed by atoms with Gasteiger partial charge in [0, 0.05) is 12.1 Å². The van der Waals surface area contributed by atoms with Gasteiger partial charge >= 0.3 is 0 Å². The largest absolute Gasteiger partial charge is 0.337 e. The SMILES string of the molecule is Cc1ccccc1N(CC(=O)N(C)[C@H](C)c1ccc(Cl)cc1)S(C)(=O)=O. The van der Waals surface area contributed by atoms with E-state index in [0.29, 0.717) is 10.7 Å². The van der Waals surface area contributed by atoms with Gasteiger partial charge in [0.25, 0.3) is 0 Å². The number of sulfonamides is 1. The third kappa shape index (κ3) is 4.77. The van der Waals surface area contributed by atoms with E-state index in [-0.39, 0.29) is 18.5 Å². The molecule has 2 aromatic carbocycles. The van der Waals surface area contributed by atoms with Crippen molar-refractivity contribution >= 4 is 33.2 Å². The van der Waals surface area contributed by atoms with Crippen LogP contribution in [-0.2, 0) is 14.8 Å². The molecule has 5 nitrogen and oxygen atoms in total. The highest BCUT2D eigenvalue weighted by Crippen LogP contribution is 2.24. The lowest BCUT2D eigenvalue weighted by molar-refractivity contribution is -0.130. The lowest BCUT2D eigenvalue weighted by Crippen LogP contribution is -2.42. The highest BCUT2D eigenvalue weighted by atomic mass is 35.5. The van der Waals surface area contributed by atoms with Gasteiger partial charge in [0.05, 0.1) is 18.0 Å². The molecule has 0 aromatic heterocycles. The second-order valence-electron chi connectivity index (χ2n) is 6.29. The lowest BCUT2D eigenvalue weighted by Gasteiger charge is -2.29. The second kappa shape index (κ2) is 8.10. The van der Waals surface area contributed by atoms with Crippen LogP contribution in [0.1, 0.15) is 24.1 Å². The summed E-state index contributed by atoms with van der Waals surface area (Å²) in [6.45, 7) is 3.45. The fourth-order valence-electron chi connectivity index (χ4n) is 2.64. The molecule has 7 heteroatoms. The molecule has 0 aliphatic heterocycles. The van der Waals surface area contributed by atoms with Gasteiger partial charge < -0.3 is 4.90 Å². The first-order valence-electron chi connectivity index (χ1n) is 8.15. The molecule has 0 saturated heterocycles. The number of halogens is 1. The first-order chi connectivity index (χ1) is 12.1. The van der Waals surface area contributed by atoms with Crippen LogP contribution in [-0.4, -0.2) is 39.1 Å². The van der Waals surface area contributed by atoms with E-state index >= 15 is 0 Å². The predicted molar refractivity (Wildman–Crippen MR) is 106 cm³/mol. The van der Waals surface area contributed by atoms with Crippen molar-refractivity contribution in [1.29, 1.82) is 0 Å². The molecule has 1 amide bonds. The number of nitrogens with zero attached hydrogens (tertiary/aromatic N) is 2. The summed E-state index contributed by atoms with van der Waals surface area (Å²) in [6, 6.07) is 14.1. The van der Waals surface area contributed by atoms with Crippen molar-refractivity contribution in [2.75, 3.05) is 24.2 Å². The lowest BCUT2D eigenvalue weighted by atomic mass is 10.1. The van der Waals surface area contributed by atoms with Gasteiger partial charge in [-0.2, -0.15) is 0 Å². The molecule has 0 aliphatic rings. The molecule has 0 unspecified atom stereocenters. The molecular weight excluding hydrogens is 372 g/mol. The molecule has 140 valence electrons. The summed E-state index contributed by atoms with van der Waals surface area (Å²) in [5, 5.41) is 0.623. The number of hydrogen-bond donors (Lipinski definition) is 0. The second-order valence-corrected chi connectivity index (χ2v) is 8.63. The molecular formula is C19H23ClN2O3S. The number of carbonyl (C=O) groups excluding carboxylic acids is 1. The van der Waals surface area contributed by atoms with E-state index in [4.69, 9.17) is 11.6 Å². The van der Waals surface area contributed by atoms with Gasteiger partial charge in [0.15, 0.2) is 0 Å². The molecule has 0 bridgehead atoms. The fraction of sp³-hybridized carbons (Fsp3) is 0.316. The van der Waals surface area contributed by atoms with Crippen molar-refractivity contribution in [1.82, 2.24) is 4.90 Å². The summed E-state index contributed by atoms with van der Waals surface area (Å²) in [5.74, 6) is -0.291. The van der Waals surface area contributed by atoms with E-state index in [9.17, 15) is 13.2 Å². The number of para-hydroxylation sites is 1. The van der Waals surface area contributed by atoms with Gasteiger partial charge in [-0.3, -0.25) is 9.10 Å². The number of benzene rings is 2. The number of carbonyl (C=O) groups is 1. The van der Waals surface area contributed by atoms with Crippen LogP contribution in [0.3, 0.4) is 0 Å². The highest BCUT2D eigenvalue weighted by molar-refractivity contribution is 7.92. The zero-order valence-corrected chi connectivity index (χ0v) is 16.9. The van der Waals surface area contributed by atoms with Crippen LogP contribution in [0.25, 0.3) is 0 Å². The van der Waals surface area contributed by atoms with Crippen molar-refractivity contribution in [2.45, 2.75) is 19.9 Å².